The third-order valence-corrected chi connectivity index (χ3v) is 3.43. The lowest BCUT2D eigenvalue weighted by molar-refractivity contribution is 0.346. The maximum Gasteiger partial charge on any atom is 0.123 e. The fourth-order valence-corrected chi connectivity index (χ4v) is 2.61. The van der Waals surface area contributed by atoms with Crippen molar-refractivity contribution in [2.75, 3.05) is 20.6 Å². The third kappa shape index (κ3) is 3.58. The van der Waals surface area contributed by atoms with Gasteiger partial charge >= 0.3 is 0 Å². The average molecular weight is 274 g/mol. The fourth-order valence-electron chi connectivity index (χ4n) is 2.61. The number of imidazole rings is 1. The van der Waals surface area contributed by atoms with Crippen LogP contribution in [0.15, 0.2) is 24.3 Å². The lowest BCUT2D eigenvalue weighted by Gasteiger charge is -2.18. The summed E-state index contributed by atoms with van der Waals surface area (Å²) in [6.45, 7) is 7.31. The average Bonchev–Trinajstić information content (AvgIpc) is 2.75. The number of likely N-dealkylation sites (N-methyl/N-ethyl adjacent to an activating group) is 1. The zero-order chi connectivity index (χ0) is 14.5. The first kappa shape index (κ1) is 15.0. The van der Waals surface area contributed by atoms with Crippen molar-refractivity contribution in [3.05, 3.63) is 30.1 Å². The van der Waals surface area contributed by atoms with E-state index in [2.05, 4.69) is 67.0 Å². The highest BCUT2D eigenvalue weighted by molar-refractivity contribution is 5.75. The normalized spacial score (nSPS) is 13.2. The van der Waals surface area contributed by atoms with Gasteiger partial charge in [-0.2, -0.15) is 0 Å². The maximum atomic E-state index is 4.77. The van der Waals surface area contributed by atoms with E-state index in [0.717, 1.165) is 37.4 Å². The van der Waals surface area contributed by atoms with Crippen molar-refractivity contribution in [3.8, 4) is 0 Å². The summed E-state index contributed by atoms with van der Waals surface area (Å²) in [5.41, 5.74) is 2.34. The highest BCUT2D eigenvalue weighted by Crippen LogP contribution is 2.16. The number of hydrogen-bond donors (Lipinski definition) is 1. The van der Waals surface area contributed by atoms with E-state index in [9.17, 15) is 0 Å². The minimum Gasteiger partial charge on any atom is -0.327 e. The van der Waals surface area contributed by atoms with Crippen LogP contribution in [0.4, 0.5) is 0 Å². The molecule has 4 nitrogen and oxygen atoms in total. The molecule has 0 aliphatic heterocycles. The number of fused-ring (bicyclic) bond motifs is 1. The van der Waals surface area contributed by atoms with E-state index in [1.807, 2.05) is 0 Å². The van der Waals surface area contributed by atoms with Gasteiger partial charge in [0.2, 0.25) is 0 Å². The largest absolute Gasteiger partial charge is 0.327 e. The van der Waals surface area contributed by atoms with Crippen molar-refractivity contribution in [2.45, 2.75) is 39.4 Å². The second-order valence-corrected chi connectivity index (χ2v) is 5.71. The van der Waals surface area contributed by atoms with Gasteiger partial charge in [-0.05, 0) is 39.6 Å². The molecule has 0 radical (unpaired) electrons. The van der Waals surface area contributed by atoms with E-state index >= 15 is 0 Å². The number of rotatable bonds is 7. The zero-order valence-corrected chi connectivity index (χ0v) is 13.1. The third-order valence-electron chi connectivity index (χ3n) is 3.43. The van der Waals surface area contributed by atoms with Crippen molar-refractivity contribution in [1.29, 1.82) is 0 Å². The molecule has 110 valence electrons. The topological polar surface area (TPSA) is 33.1 Å². The molecular formula is C16H26N4. The van der Waals surface area contributed by atoms with Crippen LogP contribution in [0.3, 0.4) is 0 Å². The lowest BCUT2D eigenvalue weighted by atomic mass is 10.3. The van der Waals surface area contributed by atoms with Crippen molar-refractivity contribution in [2.24, 2.45) is 0 Å². The Balaban J connectivity index is 2.14. The molecule has 0 spiro atoms. The van der Waals surface area contributed by atoms with Gasteiger partial charge in [0.1, 0.15) is 5.82 Å². The Kier molecular flexibility index (Phi) is 5.15. The SMILES string of the molecule is CCCn1c(CNC(C)CN(C)C)nc2ccccc21. The minimum absolute atomic E-state index is 0.458. The molecule has 1 aromatic carbocycles. The van der Waals surface area contributed by atoms with Crippen LogP contribution >= 0.6 is 0 Å². The number of nitrogens with zero attached hydrogens (tertiary/aromatic N) is 3. The highest BCUT2D eigenvalue weighted by Gasteiger charge is 2.11. The van der Waals surface area contributed by atoms with Crippen LogP contribution < -0.4 is 5.32 Å². The Morgan fingerprint density at radius 2 is 2.05 bits per heavy atom. The summed E-state index contributed by atoms with van der Waals surface area (Å²) in [4.78, 5) is 6.97. The van der Waals surface area contributed by atoms with Gasteiger partial charge < -0.3 is 14.8 Å². The molecule has 0 amide bonds. The van der Waals surface area contributed by atoms with Crippen LogP contribution in [-0.2, 0) is 13.1 Å². The molecule has 0 aliphatic rings. The first-order valence-corrected chi connectivity index (χ1v) is 7.44. The second-order valence-electron chi connectivity index (χ2n) is 5.71. The molecule has 2 rings (SSSR count). The van der Waals surface area contributed by atoms with E-state index in [1.54, 1.807) is 0 Å². The lowest BCUT2D eigenvalue weighted by Crippen LogP contribution is -2.35. The molecule has 0 bridgehead atoms. The van der Waals surface area contributed by atoms with E-state index in [4.69, 9.17) is 4.98 Å². The van der Waals surface area contributed by atoms with Gasteiger partial charge in [-0.25, -0.2) is 4.98 Å². The van der Waals surface area contributed by atoms with Crippen LogP contribution in [0.2, 0.25) is 0 Å². The quantitative estimate of drug-likeness (QED) is 0.842. The predicted octanol–water partition coefficient (Wildman–Crippen LogP) is 2.49. The molecule has 2 aromatic rings. The number of aryl methyl sites for hydroxylation is 1. The van der Waals surface area contributed by atoms with Crippen molar-refractivity contribution < 1.29 is 0 Å². The molecule has 1 heterocycles. The van der Waals surface area contributed by atoms with Crippen molar-refractivity contribution in [1.82, 2.24) is 19.8 Å². The van der Waals surface area contributed by atoms with E-state index in [0.29, 0.717) is 6.04 Å². The Bertz CT molecular complexity index is 544. The van der Waals surface area contributed by atoms with E-state index in [1.165, 1.54) is 5.52 Å². The first-order chi connectivity index (χ1) is 9.61. The molecule has 20 heavy (non-hydrogen) atoms. The Morgan fingerprint density at radius 3 is 2.75 bits per heavy atom. The number of para-hydroxylation sites is 2. The number of nitrogens with one attached hydrogen (secondary N) is 1. The molecule has 4 heteroatoms. The summed E-state index contributed by atoms with van der Waals surface area (Å²) >= 11 is 0. The molecule has 0 fully saturated rings. The van der Waals surface area contributed by atoms with Crippen LogP contribution in [0.5, 0.6) is 0 Å². The molecule has 1 N–H and O–H groups in total. The highest BCUT2D eigenvalue weighted by atomic mass is 15.1. The maximum absolute atomic E-state index is 4.77. The van der Waals surface area contributed by atoms with Crippen LogP contribution in [0.25, 0.3) is 11.0 Å². The standard InChI is InChI=1S/C16H26N4/c1-5-10-20-15-9-7-6-8-14(15)18-16(20)11-17-13(2)12-19(3)4/h6-9,13,17H,5,10-12H2,1-4H3. The summed E-state index contributed by atoms with van der Waals surface area (Å²) in [6, 6.07) is 8.85. The van der Waals surface area contributed by atoms with Crippen LogP contribution in [0, 0.1) is 0 Å². The zero-order valence-electron chi connectivity index (χ0n) is 13.1. The van der Waals surface area contributed by atoms with Crippen molar-refractivity contribution in [3.63, 3.8) is 0 Å². The Morgan fingerprint density at radius 1 is 1.30 bits per heavy atom. The van der Waals surface area contributed by atoms with Gasteiger partial charge in [0.05, 0.1) is 17.6 Å². The number of hydrogen-bond acceptors (Lipinski definition) is 3. The van der Waals surface area contributed by atoms with Crippen LogP contribution in [0.1, 0.15) is 26.1 Å². The first-order valence-electron chi connectivity index (χ1n) is 7.44. The molecular weight excluding hydrogens is 248 g/mol. The van der Waals surface area contributed by atoms with Crippen molar-refractivity contribution >= 4 is 11.0 Å². The molecule has 0 saturated heterocycles. The van der Waals surface area contributed by atoms with Gasteiger partial charge in [-0.1, -0.05) is 19.1 Å². The number of benzene rings is 1. The Hall–Kier alpha value is -1.39. The smallest absolute Gasteiger partial charge is 0.123 e. The Labute approximate surface area is 121 Å². The van der Waals surface area contributed by atoms with Crippen LogP contribution in [-0.4, -0.2) is 41.1 Å². The molecule has 0 saturated carbocycles. The summed E-state index contributed by atoms with van der Waals surface area (Å²) < 4.78 is 2.34. The summed E-state index contributed by atoms with van der Waals surface area (Å²) in [5, 5.41) is 3.57. The van der Waals surface area contributed by atoms with Gasteiger partial charge in [-0.15, -0.1) is 0 Å². The molecule has 1 atom stereocenters. The molecule has 1 aromatic heterocycles. The summed E-state index contributed by atoms with van der Waals surface area (Å²) in [7, 11) is 4.20. The second kappa shape index (κ2) is 6.86. The molecule has 0 aliphatic carbocycles. The predicted molar refractivity (Wildman–Crippen MR) is 84.9 cm³/mol. The van der Waals surface area contributed by atoms with E-state index in [-0.39, 0.29) is 0 Å². The fraction of sp³-hybridized carbons (Fsp3) is 0.562. The minimum atomic E-state index is 0.458. The van der Waals surface area contributed by atoms with Gasteiger partial charge in [0.25, 0.3) is 0 Å². The van der Waals surface area contributed by atoms with Gasteiger partial charge in [0, 0.05) is 19.1 Å². The number of aromatic nitrogens is 2. The molecule has 1 unspecified atom stereocenters. The van der Waals surface area contributed by atoms with Gasteiger partial charge in [0.15, 0.2) is 0 Å². The van der Waals surface area contributed by atoms with Gasteiger partial charge in [-0.3, -0.25) is 0 Å². The summed E-state index contributed by atoms with van der Waals surface area (Å²) in [6.07, 6.45) is 1.13. The monoisotopic (exact) mass is 274 g/mol. The van der Waals surface area contributed by atoms with E-state index < -0.39 is 0 Å². The summed E-state index contributed by atoms with van der Waals surface area (Å²) in [5.74, 6) is 1.14.